The van der Waals surface area contributed by atoms with Crippen LogP contribution in [-0.4, -0.2) is 39.7 Å². The standard InChI is InChI=1S/C21H25FN2O4S2/c1-21(23,20-18(22)16-6-5-7-17(28-4)19(16)29-20)13-30(25,26)24(2)12-14-8-10-15(27-3)11-9-14/h5-11H,12-13,23H2,1-4H3. The minimum absolute atomic E-state index is 0.172. The Kier molecular flexibility index (Phi) is 6.37. The molecule has 1 heterocycles. The van der Waals surface area contributed by atoms with E-state index < -0.39 is 27.1 Å². The summed E-state index contributed by atoms with van der Waals surface area (Å²) in [5.41, 5.74) is 5.75. The molecule has 9 heteroatoms. The number of benzene rings is 2. The number of methoxy groups -OCH3 is 2. The van der Waals surface area contributed by atoms with Crippen LogP contribution in [0.4, 0.5) is 4.39 Å². The highest BCUT2D eigenvalue weighted by Gasteiger charge is 2.36. The molecule has 2 N–H and O–H groups in total. The predicted molar refractivity (Wildman–Crippen MR) is 118 cm³/mol. The van der Waals surface area contributed by atoms with Crippen LogP contribution in [0, 0.1) is 5.82 Å². The normalized spacial score (nSPS) is 14.1. The quantitative estimate of drug-likeness (QED) is 0.564. The van der Waals surface area contributed by atoms with Gasteiger partial charge in [-0.1, -0.05) is 24.3 Å². The molecule has 0 amide bonds. The molecule has 0 bridgehead atoms. The summed E-state index contributed by atoms with van der Waals surface area (Å²) in [6.45, 7) is 1.71. The lowest BCUT2D eigenvalue weighted by Gasteiger charge is -2.26. The highest BCUT2D eigenvalue weighted by atomic mass is 32.2. The number of nitrogens with zero attached hydrogens (tertiary/aromatic N) is 1. The number of thiophene rings is 1. The molecule has 0 radical (unpaired) electrons. The highest BCUT2D eigenvalue weighted by molar-refractivity contribution is 7.89. The van der Waals surface area contributed by atoms with Crippen molar-refractivity contribution in [2.75, 3.05) is 27.0 Å². The molecule has 6 nitrogen and oxygen atoms in total. The van der Waals surface area contributed by atoms with E-state index in [4.69, 9.17) is 15.2 Å². The number of rotatable bonds is 8. The molecular formula is C21H25FN2O4S2. The number of halogens is 1. The van der Waals surface area contributed by atoms with Gasteiger partial charge in [-0.15, -0.1) is 11.3 Å². The number of nitrogens with two attached hydrogens (primary N) is 1. The summed E-state index contributed by atoms with van der Waals surface area (Å²) < 4.78 is 53.3. The monoisotopic (exact) mass is 452 g/mol. The molecule has 0 fully saturated rings. The van der Waals surface area contributed by atoms with Crippen molar-refractivity contribution in [2.24, 2.45) is 5.73 Å². The van der Waals surface area contributed by atoms with Crippen LogP contribution in [-0.2, 0) is 22.1 Å². The zero-order chi connectivity index (χ0) is 22.1. The molecule has 3 aromatic rings. The van der Waals surface area contributed by atoms with Crippen molar-refractivity contribution in [3.05, 3.63) is 58.7 Å². The molecule has 0 aliphatic rings. The van der Waals surface area contributed by atoms with Crippen molar-refractivity contribution < 1.29 is 22.3 Å². The van der Waals surface area contributed by atoms with Gasteiger partial charge in [0.05, 0.1) is 35.1 Å². The Balaban J connectivity index is 1.85. The van der Waals surface area contributed by atoms with E-state index in [-0.39, 0.29) is 11.4 Å². The SMILES string of the molecule is COc1ccc(CN(C)S(=O)(=O)CC(C)(N)c2sc3c(OC)cccc3c2F)cc1. The molecule has 0 aliphatic heterocycles. The van der Waals surface area contributed by atoms with Crippen molar-refractivity contribution in [3.8, 4) is 11.5 Å². The maximum Gasteiger partial charge on any atom is 0.216 e. The first kappa shape index (κ1) is 22.5. The number of fused-ring (bicyclic) bond motifs is 1. The molecule has 1 aromatic heterocycles. The third kappa shape index (κ3) is 4.44. The summed E-state index contributed by atoms with van der Waals surface area (Å²) in [5.74, 6) is 0.276. The Hall–Kier alpha value is -2.20. The molecule has 0 saturated carbocycles. The van der Waals surface area contributed by atoms with Gasteiger partial charge in [0.15, 0.2) is 0 Å². The minimum Gasteiger partial charge on any atom is -0.497 e. The van der Waals surface area contributed by atoms with Crippen LogP contribution in [0.3, 0.4) is 0 Å². The summed E-state index contributed by atoms with van der Waals surface area (Å²) in [4.78, 5) is 0.184. The van der Waals surface area contributed by atoms with Gasteiger partial charge in [0, 0.05) is 19.0 Å². The average Bonchev–Trinajstić information content (AvgIpc) is 3.05. The topological polar surface area (TPSA) is 81.9 Å². The molecule has 162 valence electrons. The summed E-state index contributed by atoms with van der Waals surface area (Å²) in [5, 5.41) is 0.370. The summed E-state index contributed by atoms with van der Waals surface area (Å²) in [7, 11) is 0.794. The first-order chi connectivity index (χ1) is 14.1. The van der Waals surface area contributed by atoms with Crippen LogP contribution in [0.25, 0.3) is 10.1 Å². The lowest BCUT2D eigenvalue weighted by molar-refractivity contribution is 0.414. The van der Waals surface area contributed by atoms with E-state index in [2.05, 4.69) is 0 Å². The Morgan fingerprint density at radius 3 is 2.40 bits per heavy atom. The Labute approximate surface area is 180 Å². The fourth-order valence-electron chi connectivity index (χ4n) is 3.23. The molecule has 0 aliphatic carbocycles. The van der Waals surface area contributed by atoms with Gasteiger partial charge >= 0.3 is 0 Å². The zero-order valence-corrected chi connectivity index (χ0v) is 18.9. The van der Waals surface area contributed by atoms with Crippen molar-refractivity contribution >= 4 is 31.4 Å². The zero-order valence-electron chi connectivity index (χ0n) is 17.3. The third-order valence-corrected chi connectivity index (χ3v) is 8.40. The molecule has 30 heavy (non-hydrogen) atoms. The summed E-state index contributed by atoms with van der Waals surface area (Å²) >= 11 is 1.12. The van der Waals surface area contributed by atoms with E-state index in [1.165, 1.54) is 25.4 Å². The fourth-order valence-corrected chi connectivity index (χ4v) is 6.02. The molecule has 1 unspecified atom stereocenters. The van der Waals surface area contributed by atoms with Gasteiger partial charge < -0.3 is 15.2 Å². The van der Waals surface area contributed by atoms with Crippen LogP contribution in [0.2, 0.25) is 0 Å². The second kappa shape index (κ2) is 8.50. The van der Waals surface area contributed by atoms with Crippen molar-refractivity contribution in [1.82, 2.24) is 4.31 Å². The number of hydrogen-bond acceptors (Lipinski definition) is 6. The molecule has 0 spiro atoms. The smallest absolute Gasteiger partial charge is 0.216 e. The van der Waals surface area contributed by atoms with Crippen LogP contribution in [0.1, 0.15) is 17.4 Å². The van der Waals surface area contributed by atoms with Gasteiger partial charge in [-0.3, -0.25) is 0 Å². The lowest BCUT2D eigenvalue weighted by atomic mass is 10.0. The molecule has 3 rings (SSSR count). The molecular weight excluding hydrogens is 427 g/mol. The summed E-state index contributed by atoms with van der Waals surface area (Å²) in [6, 6.07) is 12.2. The van der Waals surface area contributed by atoms with Gasteiger partial charge in [-0.25, -0.2) is 17.1 Å². The second-order valence-electron chi connectivity index (χ2n) is 7.36. The number of ether oxygens (including phenoxy) is 2. The largest absolute Gasteiger partial charge is 0.497 e. The second-order valence-corrected chi connectivity index (χ2v) is 10.5. The van der Waals surface area contributed by atoms with E-state index >= 15 is 4.39 Å². The molecule has 0 saturated heterocycles. The predicted octanol–water partition coefficient (Wildman–Crippen LogP) is 3.69. The Bertz CT molecular complexity index is 1140. The van der Waals surface area contributed by atoms with Crippen LogP contribution < -0.4 is 15.2 Å². The van der Waals surface area contributed by atoms with E-state index in [1.807, 2.05) is 0 Å². The Morgan fingerprint density at radius 1 is 1.13 bits per heavy atom. The van der Waals surface area contributed by atoms with Crippen molar-refractivity contribution in [2.45, 2.75) is 19.0 Å². The van der Waals surface area contributed by atoms with Gasteiger partial charge in [0.2, 0.25) is 10.0 Å². The first-order valence-electron chi connectivity index (χ1n) is 9.20. The van der Waals surface area contributed by atoms with Gasteiger partial charge in [-0.05, 0) is 30.7 Å². The van der Waals surface area contributed by atoms with E-state index in [0.29, 0.717) is 21.6 Å². The number of sulfonamides is 1. The first-order valence-corrected chi connectivity index (χ1v) is 11.6. The van der Waals surface area contributed by atoms with Gasteiger partial charge in [0.1, 0.15) is 17.3 Å². The van der Waals surface area contributed by atoms with Crippen molar-refractivity contribution in [3.63, 3.8) is 0 Å². The number of hydrogen-bond donors (Lipinski definition) is 1. The van der Waals surface area contributed by atoms with Crippen LogP contribution in [0.5, 0.6) is 11.5 Å². The average molecular weight is 453 g/mol. The molecule has 2 aromatic carbocycles. The van der Waals surface area contributed by atoms with Crippen molar-refractivity contribution in [1.29, 1.82) is 0 Å². The maximum atomic E-state index is 15.1. The Morgan fingerprint density at radius 2 is 1.80 bits per heavy atom. The summed E-state index contributed by atoms with van der Waals surface area (Å²) in [6.07, 6.45) is 0. The van der Waals surface area contributed by atoms with Crippen LogP contribution >= 0.6 is 11.3 Å². The lowest BCUT2D eigenvalue weighted by Crippen LogP contribution is -2.44. The van der Waals surface area contributed by atoms with E-state index in [1.54, 1.807) is 49.6 Å². The van der Waals surface area contributed by atoms with E-state index in [9.17, 15) is 8.42 Å². The fraction of sp³-hybridized carbons (Fsp3) is 0.333. The maximum absolute atomic E-state index is 15.1. The highest BCUT2D eigenvalue weighted by Crippen LogP contribution is 2.40. The third-order valence-electron chi connectivity index (χ3n) is 4.88. The van der Waals surface area contributed by atoms with Gasteiger partial charge in [0.25, 0.3) is 0 Å². The van der Waals surface area contributed by atoms with Crippen LogP contribution in [0.15, 0.2) is 42.5 Å². The molecule has 1 atom stereocenters. The van der Waals surface area contributed by atoms with E-state index in [0.717, 1.165) is 16.9 Å². The minimum atomic E-state index is -3.76. The van der Waals surface area contributed by atoms with Gasteiger partial charge in [-0.2, -0.15) is 0 Å².